The molecule has 0 bridgehead atoms. The topological polar surface area (TPSA) is 107 Å². The number of carboxylic acid groups (broad SMARTS) is 1. The van der Waals surface area contributed by atoms with E-state index < -0.39 is 23.3 Å². The number of pyridine rings is 1. The Morgan fingerprint density at radius 1 is 1.21 bits per heavy atom. The molecule has 0 spiro atoms. The Morgan fingerprint density at radius 3 is 2.72 bits per heavy atom. The Hall–Kier alpha value is -3.64. The maximum absolute atomic E-state index is 14.2. The van der Waals surface area contributed by atoms with E-state index in [0.717, 1.165) is 64.4 Å². The lowest BCUT2D eigenvalue weighted by Crippen LogP contribution is -2.47. The summed E-state index contributed by atoms with van der Waals surface area (Å²) in [6.45, 7) is 5.06. The first-order valence-corrected chi connectivity index (χ1v) is 14.2. The second-order valence-electron chi connectivity index (χ2n) is 10.1. The molecule has 1 fully saturated rings. The Balaban J connectivity index is 1.38. The van der Waals surface area contributed by atoms with E-state index in [1.807, 2.05) is 25.3 Å². The predicted octanol–water partition coefficient (Wildman–Crippen LogP) is 6.40. The number of halogens is 2. The van der Waals surface area contributed by atoms with E-state index >= 15 is 0 Å². The highest BCUT2D eigenvalue weighted by Crippen LogP contribution is 2.39. The van der Waals surface area contributed by atoms with E-state index in [1.165, 1.54) is 22.8 Å². The molecule has 3 N–H and O–H groups in total. The van der Waals surface area contributed by atoms with Crippen LogP contribution in [-0.4, -0.2) is 51.6 Å². The van der Waals surface area contributed by atoms with Crippen LogP contribution in [0.25, 0.3) is 20.8 Å². The minimum atomic E-state index is -1.04. The third-order valence-electron chi connectivity index (χ3n) is 6.57. The summed E-state index contributed by atoms with van der Waals surface area (Å²) in [6, 6.07) is 5.40. The highest BCUT2D eigenvalue weighted by atomic mass is 32.1. The van der Waals surface area contributed by atoms with Crippen molar-refractivity contribution in [3.05, 3.63) is 58.6 Å². The van der Waals surface area contributed by atoms with Crippen molar-refractivity contribution >= 4 is 56.1 Å². The van der Waals surface area contributed by atoms with Gasteiger partial charge in [-0.2, -0.15) is 0 Å². The number of anilines is 2. The molecule has 8 nitrogen and oxygen atoms in total. The Morgan fingerprint density at radius 2 is 1.97 bits per heavy atom. The van der Waals surface area contributed by atoms with E-state index in [0.29, 0.717) is 6.54 Å². The van der Waals surface area contributed by atoms with Crippen molar-refractivity contribution in [2.24, 2.45) is 0 Å². The van der Waals surface area contributed by atoms with Crippen molar-refractivity contribution in [1.29, 1.82) is 0 Å². The van der Waals surface area contributed by atoms with Gasteiger partial charge >= 0.3 is 6.09 Å². The van der Waals surface area contributed by atoms with Crippen molar-refractivity contribution < 1.29 is 23.5 Å². The van der Waals surface area contributed by atoms with Crippen molar-refractivity contribution in [2.45, 2.75) is 44.7 Å². The molecule has 1 aliphatic heterocycles. The average molecular weight is 572 g/mol. The van der Waals surface area contributed by atoms with Crippen LogP contribution in [0.4, 0.5) is 25.0 Å². The zero-order chi connectivity index (χ0) is 27.7. The number of nitrogens with zero attached hydrogens (tertiary/aromatic N) is 3. The first kappa shape index (κ1) is 26.9. The van der Waals surface area contributed by atoms with Crippen LogP contribution in [0, 0.1) is 11.6 Å². The third kappa shape index (κ3) is 5.86. The van der Waals surface area contributed by atoms with Crippen molar-refractivity contribution in [2.75, 3.05) is 23.3 Å². The average Bonchev–Trinajstić information content (AvgIpc) is 3.53. The molecule has 12 heteroatoms. The fourth-order valence-corrected chi connectivity index (χ4v) is 6.54. The summed E-state index contributed by atoms with van der Waals surface area (Å²) in [7, 11) is 0. The minimum absolute atomic E-state index is 0.0697. The smallest absolute Gasteiger partial charge is 0.404 e. The van der Waals surface area contributed by atoms with E-state index in [2.05, 4.69) is 25.5 Å². The van der Waals surface area contributed by atoms with Crippen LogP contribution in [0.3, 0.4) is 0 Å². The lowest BCUT2D eigenvalue weighted by molar-refractivity contribution is 0.0960. The van der Waals surface area contributed by atoms with Crippen LogP contribution in [0.1, 0.15) is 43.6 Å². The SMILES string of the molecule is CC(C)(CC(=O)c1csc(-c2c(F)cccc2F)n1)Nc1cnc2sccc2c1N1CCC[C@H](NC(=O)O)C1. The number of piperidine rings is 1. The van der Waals surface area contributed by atoms with Gasteiger partial charge in [-0.1, -0.05) is 6.07 Å². The summed E-state index contributed by atoms with van der Waals surface area (Å²) in [5.74, 6) is -1.72. The second-order valence-corrected chi connectivity index (χ2v) is 11.9. The molecule has 1 aliphatic rings. The zero-order valence-corrected chi connectivity index (χ0v) is 23.0. The number of hydrogen-bond donors (Lipinski definition) is 3. The highest BCUT2D eigenvalue weighted by Gasteiger charge is 2.29. The zero-order valence-electron chi connectivity index (χ0n) is 21.3. The number of aromatic nitrogens is 2. The van der Waals surface area contributed by atoms with Gasteiger partial charge in [-0.3, -0.25) is 4.79 Å². The molecule has 39 heavy (non-hydrogen) atoms. The molecule has 1 atom stereocenters. The molecule has 5 rings (SSSR count). The molecule has 4 heterocycles. The minimum Gasteiger partial charge on any atom is -0.465 e. The van der Waals surface area contributed by atoms with Gasteiger partial charge in [0.1, 0.15) is 27.2 Å². The maximum atomic E-state index is 14.2. The molecule has 1 amide bonds. The van der Waals surface area contributed by atoms with Crippen molar-refractivity contribution in [3.8, 4) is 10.6 Å². The van der Waals surface area contributed by atoms with Gasteiger partial charge in [-0.25, -0.2) is 23.5 Å². The number of nitrogens with one attached hydrogen (secondary N) is 2. The van der Waals surface area contributed by atoms with E-state index in [9.17, 15) is 23.5 Å². The molecule has 3 aromatic heterocycles. The Labute approximate surface area is 231 Å². The molecule has 0 aliphatic carbocycles. The number of carbonyl (C=O) groups excluding carboxylic acids is 1. The molecular formula is C27H27F2N5O3S2. The van der Waals surface area contributed by atoms with Gasteiger partial charge in [0.2, 0.25) is 0 Å². The molecule has 0 saturated carbocycles. The molecular weight excluding hydrogens is 544 g/mol. The van der Waals surface area contributed by atoms with Crippen molar-refractivity contribution in [3.63, 3.8) is 0 Å². The first-order valence-electron chi connectivity index (χ1n) is 12.4. The Bertz CT molecular complexity index is 1520. The molecule has 204 valence electrons. The fourth-order valence-electron chi connectivity index (χ4n) is 4.94. The fraction of sp³-hybridized carbons (Fsp3) is 0.333. The summed E-state index contributed by atoms with van der Waals surface area (Å²) in [5, 5.41) is 19.9. The van der Waals surface area contributed by atoms with Crippen LogP contribution in [-0.2, 0) is 0 Å². The lowest BCUT2D eigenvalue weighted by Gasteiger charge is -2.37. The number of thiophene rings is 1. The number of carbonyl (C=O) groups is 2. The summed E-state index contributed by atoms with van der Waals surface area (Å²) in [4.78, 5) is 36.3. The monoisotopic (exact) mass is 571 g/mol. The molecule has 1 aromatic carbocycles. The molecule has 0 unspecified atom stereocenters. The number of thiazole rings is 1. The Kier molecular flexibility index (Phi) is 7.50. The number of hydrogen-bond acceptors (Lipinski definition) is 8. The molecule has 1 saturated heterocycles. The van der Waals surface area contributed by atoms with Gasteiger partial charge in [-0.15, -0.1) is 22.7 Å². The van der Waals surface area contributed by atoms with Gasteiger partial charge in [0.15, 0.2) is 5.78 Å². The van der Waals surface area contributed by atoms with Gasteiger partial charge in [0.25, 0.3) is 0 Å². The van der Waals surface area contributed by atoms with Crippen LogP contribution in [0.5, 0.6) is 0 Å². The number of Topliss-reactive ketones (excluding diaryl/α,β-unsaturated/α-hetero) is 1. The van der Waals surface area contributed by atoms with Gasteiger partial charge in [0.05, 0.1) is 23.1 Å². The number of amides is 1. The summed E-state index contributed by atoms with van der Waals surface area (Å²) in [6.07, 6.45) is 2.36. The summed E-state index contributed by atoms with van der Waals surface area (Å²) >= 11 is 2.55. The van der Waals surface area contributed by atoms with Crippen LogP contribution in [0.15, 0.2) is 41.2 Å². The standard InChI is InChI=1S/C27H27F2N5O3S2/c1-27(2,11-21(35)20-14-39-25(32-20)22-17(28)6-3-7-18(22)29)33-19-12-30-24-16(8-10-38-24)23(19)34-9-4-5-15(13-34)31-26(36)37/h3,6-8,10,12,14-15,31,33H,4-5,9,11,13H2,1-2H3,(H,36,37)/t15-/m0/s1. The molecule has 0 radical (unpaired) electrons. The van der Waals surface area contributed by atoms with E-state index in [1.54, 1.807) is 6.20 Å². The van der Waals surface area contributed by atoms with Crippen LogP contribution < -0.4 is 15.5 Å². The highest BCUT2D eigenvalue weighted by molar-refractivity contribution is 7.16. The second kappa shape index (κ2) is 10.9. The summed E-state index contributed by atoms with van der Waals surface area (Å²) in [5.41, 5.74) is 0.846. The van der Waals surface area contributed by atoms with Crippen LogP contribution >= 0.6 is 22.7 Å². The third-order valence-corrected chi connectivity index (χ3v) is 8.25. The normalized spacial score (nSPS) is 15.9. The van der Waals surface area contributed by atoms with Gasteiger partial charge in [-0.05, 0) is 50.3 Å². The summed E-state index contributed by atoms with van der Waals surface area (Å²) < 4.78 is 28.4. The van der Waals surface area contributed by atoms with E-state index in [-0.39, 0.29) is 34.5 Å². The quantitative estimate of drug-likeness (QED) is 0.210. The first-order chi connectivity index (χ1) is 18.6. The predicted molar refractivity (Wildman–Crippen MR) is 150 cm³/mol. The number of fused-ring (bicyclic) bond motifs is 1. The van der Waals surface area contributed by atoms with Crippen molar-refractivity contribution in [1.82, 2.24) is 15.3 Å². The lowest BCUT2D eigenvalue weighted by atomic mass is 9.95. The van der Waals surface area contributed by atoms with E-state index in [4.69, 9.17) is 0 Å². The largest absolute Gasteiger partial charge is 0.465 e. The number of benzene rings is 1. The van der Waals surface area contributed by atoms with Crippen LogP contribution in [0.2, 0.25) is 0 Å². The number of rotatable bonds is 8. The molecule has 4 aromatic rings. The van der Waals surface area contributed by atoms with Gasteiger partial charge < -0.3 is 20.6 Å². The van der Waals surface area contributed by atoms with Gasteiger partial charge in [0, 0.05) is 41.9 Å². The number of ketones is 1. The maximum Gasteiger partial charge on any atom is 0.404 e.